The Hall–Kier alpha value is -1.19. The highest BCUT2D eigenvalue weighted by atomic mass is 32.1. The standard InChI is InChI=1S/C16H20FNS/c1-2-9-18-12-14(11-16-4-3-10-19-16)13-5-7-15(17)8-6-13/h3-8,10,14,18H,2,9,11-12H2,1H3. The third-order valence-corrected chi connectivity index (χ3v) is 4.09. The van der Waals surface area contributed by atoms with Gasteiger partial charge in [0.15, 0.2) is 0 Å². The van der Waals surface area contributed by atoms with E-state index in [4.69, 9.17) is 0 Å². The van der Waals surface area contributed by atoms with Crippen molar-refractivity contribution in [2.24, 2.45) is 0 Å². The van der Waals surface area contributed by atoms with E-state index < -0.39 is 0 Å². The number of rotatable bonds is 7. The van der Waals surface area contributed by atoms with Crippen molar-refractivity contribution in [3.8, 4) is 0 Å². The van der Waals surface area contributed by atoms with Gasteiger partial charge in [-0.2, -0.15) is 0 Å². The van der Waals surface area contributed by atoms with Crippen LogP contribution in [0.15, 0.2) is 41.8 Å². The number of hydrogen-bond acceptors (Lipinski definition) is 2. The number of hydrogen-bond donors (Lipinski definition) is 1. The van der Waals surface area contributed by atoms with Gasteiger partial charge in [0.2, 0.25) is 0 Å². The van der Waals surface area contributed by atoms with Crippen molar-refractivity contribution >= 4 is 11.3 Å². The van der Waals surface area contributed by atoms with Gasteiger partial charge in [0.25, 0.3) is 0 Å². The summed E-state index contributed by atoms with van der Waals surface area (Å²) in [5.74, 6) is 0.242. The zero-order valence-electron chi connectivity index (χ0n) is 11.2. The first kappa shape index (κ1) is 14.2. The molecule has 0 spiro atoms. The van der Waals surface area contributed by atoms with Gasteiger partial charge in [-0.05, 0) is 48.5 Å². The monoisotopic (exact) mass is 277 g/mol. The molecule has 1 heterocycles. The lowest BCUT2D eigenvalue weighted by Crippen LogP contribution is -2.23. The molecule has 3 heteroatoms. The summed E-state index contributed by atoms with van der Waals surface area (Å²) in [5, 5.41) is 5.58. The van der Waals surface area contributed by atoms with Crippen LogP contribution in [0.2, 0.25) is 0 Å². The molecule has 1 aromatic heterocycles. The van der Waals surface area contributed by atoms with E-state index in [-0.39, 0.29) is 5.82 Å². The van der Waals surface area contributed by atoms with E-state index in [1.807, 2.05) is 12.1 Å². The molecule has 0 fully saturated rings. The molecule has 0 saturated carbocycles. The van der Waals surface area contributed by atoms with E-state index in [1.165, 1.54) is 10.4 Å². The van der Waals surface area contributed by atoms with E-state index in [2.05, 4.69) is 29.8 Å². The van der Waals surface area contributed by atoms with Crippen LogP contribution in [-0.2, 0) is 6.42 Å². The number of halogens is 1. The van der Waals surface area contributed by atoms with Crippen LogP contribution in [0, 0.1) is 5.82 Å². The molecule has 0 radical (unpaired) electrons. The fourth-order valence-electron chi connectivity index (χ4n) is 2.17. The van der Waals surface area contributed by atoms with Gasteiger partial charge in [-0.15, -0.1) is 11.3 Å². The van der Waals surface area contributed by atoms with Crippen LogP contribution >= 0.6 is 11.3 Å². The summed E-state index contributed by atoms with van der Waals surface area (Å²) in [4.78, 5) is 1.38. The maximum Gasteiger partial charge on any atom is 0.123 e. The quantitative estimate of drug-likeness (QED) is 0.747. The van der Waals surface area contributed by atoms with Crippen LogP contribution in [0.4, 0.5) is 4.39 Å². The second kappa shape index (κ2) is 7.41. The molecule has 1 N–H and O–H groups in total. The first-order chi connectivity index (χ1) is 9.29. The molecule has 1 atom stereocenters. The van der Waals surface area contributed by atoms with Crippen LogP contribution in [0.5, 0.6) is 0 Å². The van der Waals surface area contributed by atoms with E-state index in [1.54, 1.807) is 23.5 Å². The SMILES string of the molecule is CCCNCC(Cc1cccs1)c1ccc(F)cc1. The van der Waals surface area contributed by atoms with Gasteiger partial charge in [-0.25, -0.2) is 4.39 Å². The van der Waals surface area contributed by atoms with Crippen LogP contribution in [-0.4, -0.2) is 13.1 Å². The van der Waals surface area contributed by atoms with E-state index in [0.717, 1.165) is 25.9 Å². The first-order valence-corrected chi connectivity index (χ1v) is 7.66. The van der Waals surface area contributed by atoms with Crippen LogP contribution in [0.1, 0.15) is 29.7 Å². The van der Waals surface area contributed by atoms with Crippen LogP contribution in [0.25, 0.3) is 0 Å². The molecule has 0 aliphatic rings. The summed E-state index contributed by atoms with van der Waals surface area (Å²) in [6.45, 7) is 4.14. The second-order valence-electron chi connectivity index (χ2n) is 4.74. The summed E-state index contributed by atoms with van der Waals surface area (Å²) in [5.41, 5.74) is 1.21. The first-order valence-electron chi connectivity index (χ1n) is 6.78. The van der Waals surface area contributed by atoms with Gasteiger partial charge in [0.1, 0.15) is 5.82 Å². The highest BCUT2D eigenvalue weighted by molar-refractivity contribution is 7.09. The molecule has 2 aromatic rings. The Morgan fingerprint density at radius 2 is 2.00 bits per heavy atom. The molecule has 0 aliphatic carbocycles. The topological polar surface area (TPSA) is 12.0 Å². The summed E-state index contributed by atoms with van der Waals surface area (Å²) >= 11 is 1.79. The summed E-state index contributed by atoms with van der Waals surface area (Å²) < 4.78 is 13.0. The normalized spacial score (nSPS) is 12.5. The Morgan fingerprint density at radius 1 is 1.21 bits per heavy atom. The minimum absolute atomic E-state index is 0.167. The van der Waals surface area contributed by atoms with Gasteiger partial charge < -0.3 is 5.32 Å². The molecular weight excluding hydrogens is 257 g/mol. The molecule has 1 unspecified atom stereocenters. The van der Waals surface area contributed by atoms with Crippen molar-refractivity contribution < 1.29 is 4.39 Å². The summed E-state index contributed by atoms with van der Waals surface area (Å²) in [6.07, 6.45) is 2.15. The number of benzene rings is 1. The van der Waals surface area contributed by atoms with Gasteiger partial charge in [-0.1, -0.05) is 25.1 Å². The third kappa shape index (κ3) is 4.44. The largest absolute Gasteiger partial charge is 0.316 e. The van der Waals surface area contributed by atoms with Crippen molar-refractivity contribution in [3.63, 3.8) is 0 Å². The zero-order valence-corrected chi connectivity index (χ0v) is 12.0. The number of thiophene rings is 1. The average molecular weight is 277 g/mol. The van der Waals surface area contributed by atoms with Crippen molar-refractivity contribution in [2.75, 3.05) is 13.1 Å². The Balaban J connectivity index is 2.06. The van der Waals surface area contributed by atoms with Crippen LogP contribution in [0.3, 0.4) is 0 Å². The fraction of sp³-hybridized carbons (Fsp3) is 0.375. The highest BCUT2D eigenvalue weighted by Crippen LogP contribution is 2.23. The zero-order chi connectivity index (χ0) is 13.5. The van der Waals surface area contributed by atoms with Gasteiger partial charge in [0, 0.05) is 17.3 Å². The Labute approximate surface area is 118 Å². The lowest BCUT2D eigenvalue weighted by Gasteiger charge is -2.17. The molecule has 102 valence electrons. The molecule has 0 amide bonds. The van der Waals surface area contributed by atoms with Crippen molar-refractivity contribution in [1.82, 2.24) is 5.32 Å². The van der Waals surface area contributed by atoms with Crippen molar-refractivity contribution in [3.05, 3.63) is 58.0 Å². The van der Waals surface area contributed by atoms with Crippen LogP contribution < -0.4 is 5.32 Å². The fourth-order valence-corrected chi connectivity index (χ4v) is 2.95. The molecule has 19 heavy (non-hydrogen) atoms. The predicted molar refractivity (Wildman–Crippen MR) is 80.3 cm³/mol. The molecule has 1 nitrogen and oxygen atoms in total. The van der Waals surface area contributed by atoms with Crippen molar-refractivity contribution in [1.29, 1.82) is 0 Å². The molecule has 0 bridgehead atoms. The van der Waals surface area contributed by atoms with Gasteiger partial charge >= 0.3 is 0 Å². The maximum atomic E-state index is 13.0. The highest BCUT2D eigenvalue weighted by Gasteiger charge is 2.12. The predicted octanol–water partition coefficient (Wildman–Crippen LogP) is 4.21. The average Bonchev–Trinajstić information content (AvgIpc) is 2.92. The smallest absolute Gasteiger partial charge is 0.123 e. The lowest BCUT2D eigenvalue weighted by molar-refractivity contribution is 0.576. The van der Waals surface area contributed by atoms with E-state index in [9.17, 15) is 4.39 Å². The molecule has 0 aliphatic heterocycles. The van der Waals surface area contributed by atoms with Gasteiger partial charge in [-0.3, -0.25) is 0 Å². The minimum Gasteiger partial charge on any atom is -0.316 e. The van der Waals surface area contributed by atoms with Gasteiger partial charge in [0.05, 0.1) is 0 Å². The molecule has 0 saturated heterocycles. The minimum atomic E-state index is -0.167. The third-order valence-electron chi connectivity index (χ3n) is 3.19. The Kier molecular flexibility index (Phi) is 5.55. The van der Waals surface area contributed by atoms with E-state index in [0.29, 0.717) is 5.92 Å². The number of nitrogens with one attached hydrogen (secondary N) is 1. The van der Waals surface area contributed by atoms with E-state index >= 15 is 0 Å². The maximum absolute atomic E-state index is 13.0. The van der Waals surface area contributed by atoms with Crippen molar-refractivity contribution in [2.45, 2.75) is 25.7 Å². The molecular formula is C16H20FNS. The second-order valence-corrected chi connectivity index (χ2v) is 5.77. The molecule has 1 aromatic carbocycles. The lowest BCUT2D eigenvalue weighted by atomic mass is 9.95. The summed E-state index contributed by atoms with van der Waals surface area (Å²) in [7, 11) is 0. The molecule has 2 rings (SSSR count). The Bertz CT molecular complexity index is 464. The summed E-state index contributed by atoms with van der Waals surface area (Å²) in [6, 6.07) is 11.2. The Morgan fingerprint density at radius 3 is 2.63 bits per heavy atom.